The molecule has 2 aromatic rings. The molecule has 25 heavy (non-hydrogen) atoms. The number of nitrogens with zero attached hydrogens (tertiary/aromatic N) is 2. The van der Waals surface area contributed by atoms with E-state index in [-0.39, 0.29) is 11.8 Å². The van der Waals surface area contributed by atoms with E-state index in [1.54, 1.807) is 42.4 Å². The zero-order chi connectivity index (χ0) is 17.8. The molecule has 1 unspecified atom stereocenters. The maximum absolute atomic E-state index is 12.8. The minimum absolute atomic E-state index is 0.0628. The van der Waals surface area contributed by atoms with E-state index in [0.29, 0.717) is 30.1 Å². The largest absolute Gasteiger partial charge is 0.479 e. The topological polar surface area (TPSA) is 71.5 Å². The lowest BCUT2D eigenvalue weighted by molar-refractivity contribution is -0.122. The Balaban J connectivity index is 1.72. The fourth-order valence-corrected chi connectivity index (χ4v) is 2.74. The van der Waals surface area contributed by atoms with Crippen molar-refractivity contribution in [1.29, 1.82) is 0 Å². The number of likely N-dealkylation sites (N-methyl/N-ethyl adjacent to an activating group) is 1. The summed E-state index contributed by atoms with van der Waals surface area (Å²) in [6.45, 7) is 4.88. The predicted molar refractivity (Wildman–Crippen MR) is 94.7 cm³/mol. The highest BCUT2D eigenvalue weighted by molar-refractivity contribution is 6.00. The zero-order valence-corrected chi connectivity index (χ0v) is 14.4. The van der Waals surface area contributed by atoms with Gasteiger partial charge in [-0.15, -0.1) is 0 Å². The highest BCUT2D eigenvalue weighted by Gasteiger charge is 2.25. The lowest BCUT2D eigenvalue weighted by Crippen LogP contribution is -2.35. The predicted octanol–water partition coefficient (Wildman–Crippen LogP) is 2.51. The molecule has 1 aromatic carbocycles. The summed E-state index contributed by atoms with van der Waals surface area (Å²) in [6.07, 6.45) is 3.74. The lowest BCUT2D eigenvalue weighted by atomic mass is 10.1. The number of fused-ring (bicyclic) bond motifs is 1. The van der Waals surface area contributed by atoms with Crippen LogP contribution in [0, 0.1) is 0 Å². The van der Waals surface area contributed by atoms with Crippen LogP contribution in [0.3, 0.4) is 0 Å². The minimum Gasteiger partial charge on any atom is -0.479 e. The number of ether oxygens (including phenoxy) is 1. The van der Waals surface area contributed by atoms with E-state index in [2.05, 4.69) is 10.3 Å². The van der Waals surface area contributed by atoms with E-state index < -0.39 is 6.10 Å². The van der Waals surface area contributed by atoms with Gasteiger partial charge in [0, 0.05) is 31.0 Å². The zero-order valence-electron chi connectivity index (χ0n) is 14.4. The molecule has 1 aromatic heterocycles. The van der Waals surface area contributed by atoms with Gasteiger partial charge in [-0.25, -0.2) is 0 Å². The summed E-state index contributed by atoms with van der Waals surface area (Å²) in [6, 6.07) is 9.04. The SMILES string of the molecule is CCN(CCc1ccncc1)C(=O)c1ccc2c(c1)NC(=O)C(C)O2. The van der Waals surface area contributed by atoms with Gasteiger partial charge in [-0.2, -0.15) is 0 Å². The number of carbonyl (C=O) groups excluding carboxylic acids is 2. The second kappa shape index (κ2) is 7.34. The number of rotatable bonds is 5. The Kier molecular flexibility index (Phi) is 4.97. The molecule has 3 rings (SSSR count). The van der Waals surface area contributed by atoms with Crippen molar-refractivity contribution in [1.82, 2.24) is 9.88 Å². The molecule has 6 nitrogen and oxygen atoms in total. The summed E-state index contributed by atoms with van der Waals surface area (Å²) < 4.78 is 5.53. The molecule has 0 saturated heterocycles. The molecule has 1 atom stereocenters. The van der Waals surface area contributed by atoms with E-state index in [9.17, 15) is 9.59 Å². The maximum Gasteiger partial charge on any atom is 0.265 e. The van der Waals surface area contributed by atoms with Gasteiger partial charge in [0.1, 0.15) is 5.75 Å². The van der Waals surface area contributed by atoms with Crippen LogP contribution in [0.25, 0.3) is 0 Å². The van der Waals surface area contributed by atoms with Crippen LogP contribution in [-0.4, -0.2) is 40.9 Å². The molecule has 1 aliphatic heterocycles. The van der Waals surface area contributed by atoms with E-state index in [1.807, 2.05) is 19.1 Å². The smallest absolute Gasteiger partial charge is 0.265 e. The first-order chi connectivity index (χ1) is 12.1. The molecule has 0 saturated carbocycles. The van der Waals surface area contributed by atoms with Crippen LogP contribution in [-0.2, 0) is 11.2 Å². The first-order valence-electron chi connectivity index (χ1n) is 8.38. The van der Waals surface area contributed by atoms with Crippen LogP contribution < -0.4 is 10.1 Å². The van der Waals surface area contributed by atoms with Crippen LogP contribution in [0.1, 0.15) is 29.8 Å². The quantitative estimate of drug-likeness (QED) is 0.908. The van der Waals surface area contributed by atoms with Crippen molar-refractivity contribution < 1.29 is 14.3 Å². The van der Waals surface area contributed by atoms with E-state index in [0.717, 1.165) is 12.0 Å². The van der Waals surface area contributed by atoms with Crippen LogP contribution in [0.4, 0.5) is 5.69 Å². The second-order valence-electron chi connectivity index (χ2n) is 5.95. The average molecular weight is 339 g/mol. The first kappa shape index (κ1) is 17.0. The minimum atomic E-state index is -0.526. The Labute approximate surface area is 146 Å². The summed E-state index contributed by atoms with van der Waals surface area (Å²) in [7, 11) is 0. The Morgan fingerprint density at radius 1 is 1.28 bits per heavy atom. The van der Waals surface area contributed by atoms with Crippen molar-refractivity contribution in [2.24, 2.45) is 0 Å². The Hall–Kier alpha value is -2.89. The number of carbonyl (C=O) groups is 2. The van der Waals surface area contributed by atoms with Gasteiger partial charge in [-0.3, -0.25) is 14.6 Å². The summed E-state index contributed by atoms with van der Waals surface area (Å²) in [5.74, 6) is 0.317. The van der Waals surface area contributed by atoms with Crippen LogP contribution >= 0.6 is 0 Å². The average Bonchev–Trinajstić information content (AvgIpc) is 2.63. The van der Waals surface area contributed by atoms with Gasteiger partial charge in [-0.1, -0.05) is 0 Å². The molecule has 0 spiro atoms. The standard InChI is InChI=1S/C19H21N3O3/c1-3-22(11-8-14-6-9-20-10-7-14)19(24)15-4-5-17-16(12-15)21-18(23)13(2)25-17/h4-7,9-10,12-13H,3,8,11H2,1-2H3,(H,21,23). The molecule has 1 N–H and O–H groups in total. The maximum atomic E-state index is 12.8. The molecular weight excluding hydrogens is 318 g/mol. The number of hydrogen-bond donors (Lipinski definition) is 1. The fraction of sp³-hybridized carbons (Fsp3) is 0.316. The Morgan fingerprint density at radius 3 is 2.76 bits per heavy atom. The molecule has 0 fully saturated rings. The van der Waals surface area contributed by atoms with Crippen molar-refractivity contribution in [3.8, 4) is 5.75 Å². The van der Waals surface area contributed by atoms with Crippen molar-refractivity contribution in [2.45, 2.75) is 26.4 Å². The lowest BCUT2D eigenvalue weighted by Gasteiger charge is -2.25. The summed E-state index contributed by atoms with van der Waals surface area (Å²) in [5.41, 5.74) is 2.22. The highest BCUT2D eigenvalue weighted by atomic mass is 16.5. The third-order valence-corrected chi connectivity index (χ3v) is 4.25. The fourth-order valence-electron chi connectivity index (χ4n) is 2.74. The van der Waals surface area contributed by atoms with Gasteiger partial charge in [0.2, 0.25) is 0 Å². The number of nitrogens with one attached hydrogen (secondary N) is 1. The molecule has 1 aliphatic rings. The number of aromatic nitrogens is 1. The summed E-state index contributed by atoms with van der Waals surface area (Å²) >= 11 is 0. The number of anilines is 1. The third kappa shape index (κ3) is 3.79. The Morgan fingerprint density at radius 2 is 2.04 bits per heavy atom. The molecule has 0 bridgehead atoms. The molecule has 0 radical (unpaired) electrons. The van der Waals surface area contributed by atoms with Crippen molar-refractivity contribution in [3.63, 3.8) is 0 Å². The Bertz CT molecular complexity index is 777. The van der Waals surface area contributed by atoms with Gasteiger partial charge in [0.15, 0.2) is 6.10 Å². The molecule has 2 amide bonds. The van der Waals surface area contributed by atoms with Crippen LogP contribution in [0.2, 0.25) is 0 Å². The second-order valence-corrected chi connectivity index (χ2v) is 5.95. The number of hydrogen-bond acceptors (Lipinski definition) is 4. The van der Waals surface area contributed by atoms with Crippen molar-refractivity contribution in [3.05, 3.63) is 53.9 Å². The normalized spacial score (nSPS) is 15.8. The summed E-state index contributed by atoms with van der Waals surface area (Å²) in [5, 5.41) is 2.78. The van der Waals surface area contributed by atoms with Crippen LogP contribution in [0.15, 0.2) is 42.7 Å². The number of pyridine rings is 1. The van der Waals surface area contributed by atoms with Gasteiger partial charge in [0.05, 0.1) is 5.69 Å². The van der Waals surface area contributed by atoms with Gasteiger partial charge in [0.25, 0.3) is 11.8 Å². The van der Waals surface area contributed by atoms with E-state index in [4.69, 9.17) is 4.74 Å². The van der Waals surface area contributed by atoms with Gasteiger partial charge in [-0.05, 0) is 56.2 Å². The first-order valence-corrected chi connectivity index (χ1v) is 8.38. The number of amides is 2. The molecule has 2 heterocycles. The highest BCUT2D eigenvalue weighted by Crippen LogP contribution is 2.30. The van der Waals surface area contributed by atoms with Crippen molar-refractivity contribution >= 4 is 17.5 Å². The molecule has 0 aliphatic carbocycles. The number of benzene rings is 1. The van der Waals surface area contributed by atoms with E-state index in [1.165, 1.54) is 0 Å². The molecular formula is C19H21N3O3. The van der Waals surface area contributed by atoms with Gasteiger partial charge >= 0.3 is 0 Å². The summed E-state index contributed by atoms with van der Waals surface area (Å²) in [4.78, 5) is 30.3. The van der Waals surface area contributed by atoms with Crippen molar-refractivity contribution in [2.75, 3.05) is 18.4 Å². The third-order valence-electron chi connectivity index (χ3n) is 4.25. The molecule has 130 valence electrons. The van der Waals surface area contributed by atoms with Gasteiger partial charge < -0.3 is 15.0 Å². The molecule has 6 heteroatoms. The monoisotopic (exact) mass is 339 g/mol. The van der Waals surface area contributed by atoms with Crippen LogP contribution in [0.5, 0.6) is 5.75 Å². The van der Waals surface area contributed by atoms with E-state index >= 15 is 0 Å².